The van der Waals surface area contributed by atoms with Crippen molar-refractivity contribution in [2.75, 3.05) is 19.6 Å². The smallest absolute Gasteiger partial charge is 0.335 e. The maximum Gasteiger partial charge on any atom is 0.335 e. The first-order valence-electron chi connectivity index (χ1n) is 14.6. The summed E-state index contributed by atoms with van der Waals surface area (Å²) in [6.45, 7) is 10.2. The van der Waals surface area contributed by atoms with E-state index in [0.717, 1.165) is 51.1 Å². The molecule has 2 aromatic rings. The Kier molecular flexibility index (Phi) is 8.40. The van der Waals surface area contributed by atoms with Crippen molar-refractivity contribution in [3.8, 4) is 11.6 Å². The molecule has 0 radical (unpaired) electrons. The Labute approximate surface area is 231 Å². The minimum atomic E-state index is -0.961. The number of nitrogens with zero attached hydrogens (tertiary/aromatic N) is 4. The molecule has 1 aromatic carbocycles. The van der Waals surface area contributed by atoms with Gasteiger partial charge in [0.25, 0.3) is 0 Å². The summed E-state index contributed by atoms with van der Waals surface area (Å²) < 4.78 is 5.84. The number of likely N-dealkylation sites (tertiary alicyclic amines) is 1. The molecule has 0 spiro atoms. The Morgan fingerprint density at radius 1 is 1.03 bits per heavy atom. The molecular weight excluding hydrogens is 492 g/mol. The Balaban J connectivity index is 1.17. The first-order chi connectivity index (χ1) is 18.8. The number of carbonyl (C=O) groups excluding carboxylic acids is 1. The summed E-state index contributed by atoms with van der Waals surface area (Å²) in [4.78, 5) is 36.3. The largest absolute Gasteiger partial charge is 0.478 e. The number of hydrogen-bond acceptors (Lipinski definition) is 5. The number of urea groups is 1. The Hall–Kier alpha value is -3.13. The second-order valence-corrected chi connectivity index (χ2v) is 11.9. The summed E-state index contributed by atoms with van der Waals surface area (Å²) in [6.07, 6.45) is 7.95. The van der Waals surface area contributed by atoms with Crippen molar-refractivity contribution < 1.29 is 19.4 Å². The van der Waals surface area contributed by atoms with Crippen molar-refractivity contribution in [1.82, 2.24) is 19.7 Å². The van der Waals surface area contributed by atoms with Crippen LogP contribution in [0.3, 0.4) is 0 Å². The molecule has 2 amide bonds. The fraction of sp³-hybridized carbons (Fsp3) is 0.581. The van der Waals surface area contributed by atoms with Crippen LogP contribution in [0.15, 0.2) is 36.4 Å². The molecule has 8 heteroatoms. The van der Waals surface area contributed by atoms with Crippen LogP contribution in [0, 0.1) is 12.8 Å². The van der Waals surface area contributed by atoms with Gasteiger partial charge in [-0.05, 0) is 74.8 Å². The van der Waals surface area contributed by atoms with Gasteiger partial charge in [0.2, 0.25) is 5.88 Å². The van der Waals surface area contributed by atoms with Gasteiger partial charge >= 0.3 is 12.0 Å². The monoisotopic (exact) mass is 534 g/mol. The lowest BCUT2D eigenvalue weighted by Crippen LogP contribution is -2.49. The third-order valence-electron chi connectivity index (χ3n) is 8.61. The van der Waals surface area contributed by atoms with Crippen molar-refractivity contribution in [3.63, 3.8) is 0 Å². The molecule has 1 aliphatic carbocycles. The highest BCUT2D eigenvalue weighted by atomic mass is 16.5. The highest BCUT2D eigenvalue weighted by molar-refractivity contribution is 5.87. The highest BCUT2D eigenvalue weighted by Crippen LogP contribution is 2.34. The van der Waals surface area contributed by atoms with E-state index in [1.165, 1.54) is 43.4 Å². The predicted molar refractivity (Wildman–Crippen MR) is 150 cm³/mol. The quantitative estimate of drug-likeness (QED) is 0.429. The Morgan fingerprint density at radius 3 is 2.33 bits per heavy atom. The zero-order valence-electron chi connectivity index (χ0n) is 23.5. The van der Waals surface area contributed by atoms with Crippen LogP contribution in [0.25, 0.3) is 0 Å². The molecule has 0 unspecified atom stereocenters. The van der Waals surface area contributed by atoms with Crippen LogP contribution in [0.1, 0.15) is 80.4 Å². The number of amides is 2. The van der Waals surface area contributed by atoms with Gasteiger partial charge in [-0.15, -0.1) is 0 Å². The minimum Gasteiger partial charge on any atom is -0.478 e. The van der Waals surface area contributed by atoms with Crippen LogP contribution < -0.4 is 4.74 Å². The number of aromatic nitrogens is 1. The number of hydrogen-bond donors (Lipinski definition) is 1. The van der Waals surface area contributed by atoms with Crippen molar-refractivity contribution in [1.29, 1.82) is 0 Å². The standard InChI is InChI=1S/C31H42N4O4/c1-21(2)18-27-20-34(25-6-4-5-7-25)31(38)35(27)26-14-16-33(17-15-26)19-24-10-13-29(32-22(24)3)39-28-11-8-23(9-12-28)30(36)37/h8-13,21,25-27H,4-7,14-20H2,1-3H3,(H,36,37)/t27-/m1/s1. The van der Waals surface area contributed by atoms with Crippen LogP contribution in [0.5, 0.6) is 11.6 Å². The number of carbonyl (C=O) groups is 2. The van der Waals surface area contributed by atoms with Gasteiger partial charge < -0.3 is 19.6 Å². The predicted octanol–water partition coefficient (Wildman–Crippen LogP) is 5.94. The van der Waals surface area contributed by atoms with Gasteiger partial charge in [0.1, 0.15) is 5.75 Å². The molecule has 1 saturated carbocycles. The van der Waals surface area contributed by atoms with Crippen LogP contribution in [-0.2, 0) is 6.54 Å². The normalized spacial score (nSPS) is 21.3. The summed E-state index contributed by atoms with van der Waals surface area (Å²) in [7, 11) is 0. The lowest BCUT2D eigenvalue weighted by atomic mass is 9.97. The molecule has 1 atom stereocenters. The van der Waals surface area contributed by atoms with Crippen molar-refractivity contribution in [2.45, 2.75) is 90.4 Å². The molecule has 5 rings (SSSR count). The van der Waals surface area contributed by atoms with E-state index in [0.29, 0.717) is 41.7 Å². The lowest BCUT2D eigenvalue weighted by Gasteiger charge is -2.39. The topological polar surface area (TPSA) is 86.2 Å². The molecule has 3 heterocycles. The number of pyridine rings is 1. The fourth-order valence-corrected chi connectivity index (χ4v) is 6.58. The maximum absolute atomic E-state index is 13.6. The van der Waals surface area contributed by atoms with E-state index in [4.69, 9.17) is 9.84 Å². The van der Waals surface area contributed by atoms with Gasteiger partial charge in [-0.25, -0.2) is 14.6 Å². The van der Waals surface area contributed by atoms with Gasteiger partial charge in [-0.3, -0.25) is 4.90 Å². The van der Waals surface area contributed by atoms with E-state index in [2.05, 4.69) is 39.6 Å². The van der Waals surface area contributed by atoms with Crippen LogP contribution >= 0.6 is 0 Å². The van der Waals surface area contributed by atoms with E-state index >= 15 is 0 Å². The molecule has 2 saturated heterocycles. The number of benzene rings is 1. The van der Waals surface area contributed by atoms with Gasteiger partial charge in [0, 0.05) is 50.0 Å². The number of ether oxygens (including phenoxy) is 1. The molecule has 210 valence electrons. The minimum absolute atomic E-state index is 0.223. The summed E-state index contributed by atoms with van der Waals surface area (Å²) in [5.41, 5.74) is 2.32. The van der Waals surface area contributed by atoms with Crippen LogP contribution in [0.4, 0.5) is 4.79 Å². The van der Waals surface area contributed by atoms with Crippen molar-refractivity contribution >= 4 is 12.0 Å². The van der Waals surface area contributed by atoms with Gasteiger partial charge in [0.15, 0.2) is 0 Å². The molecule has 39 heavy (non-hydrogen) atoms. The average molecular weight is 535 g/mol. The number of carboxylic acid groups (broad SMARTS) is 1. The maximum atomic E-state index is 13.6. The van der Waals surface area contributed by atoms with Gasteiger partial charge in [0.05, 0.1) is 11.6 Å². The second-order valence-electron chi connectivity index (χ2n) is 11.9. The highest BCUT2D eigenvalue weighted by Gasteiger charge is 2.44. The number of piperidine rings is 1. The SMILES string of the molecule is Cc1nc(Oc2ccc(C(=O)O)cc2)ccc1CN1CCC(N2C(=O)N(C3CCCC3)C[C@H]2CC(C)C)CC1. The first-order valence-corrected chi connectivity index (χ1v) is 14.6. The average Bonchev–Trinajstić information content (AvgIpc) is 3.54. The molecule has 1 aromatic heterocycles. The molecule has 3 fully saturated rings. The van der Waals surface area contributed by atoms with E-state index in [1.54, 1.807) is 12.1 Å². The Bertz CT molecular complexity index is 1150. The van der Waals surface area contributed by atoms with Crippen molar-refractivity contribution in [2.24, 2.45) is 5.92 Å². The molecule has 3 aliphatic rings. The summed E-state index contributed by atoms with van der Waals surface area (Å²) in [5, 5.41) is 9.07. The van der Waals surface area contributed by atoms with Crippen LogP contribution in [0.2, 0.25) is 0 Å². The third-order valence-corrected chi connectivity index (χ3v) is 8.61. The van der Waals surface area contributed by atoms with E-state index in [1.807, 2.05) is 13.0 Å². The summed E-state index contributed by atoms with van der Waals surface area (Å²) >= 11 is 0. The number of aryl methyl sites for hydroxylation is 1. The number of rotatable bonds is 9. The van der Waals surface area contributed by atoms with Gasteiger partial charge in [-0.2, -0.15) is 0 Å². The molecule has 8 nitrogen and oxygen atoms in total. The summed E-state index contributed by atoms with van der Waals surface area (Å²) in [5.74, 6) is 0.673. The first kappa shape index (κ1) is 27.4. The molecule has 2 aliphatic heterocycles. The van der Waals surface area contributed by atoms with E-state index in [9.17, 15) is 9.59 Å². The fourth-order valence-electron chi connectivity index (χ4n) is 6.58. The summed E-state index contributed by atoms with van der Waals surface area (Å²) in [6, 6.07) is 11.7. The zero-order valence-corrected chi connectivity index (χ0v) is 23.5. The number of carboxylic acids is 1. The zero-order chi connectivity index (χ0) is 27.5. The molecular formula is C31H42N4O4. The van der Waals surface area contributed by atoms with E-state index < -0.39 is 5.97 Å². The van der Waals surface area contributed by atoms with Crippen LogP contribution in [-0.4, -0.2) is 74.6 Å². The Morgan fingerprint density at radius 2 is 1.72 bits per heavy atom. The van der Waals surface area contributed by atoms with Crippen molar-refractivity contribution in [3.05, 3.63) is 53.2 Å². The molecule has 0 bridgehead atoms. The lowest BCUT2D eigenvalue weighted by molar-refractivity contribution is 0.0696. The third kappa shape index (κ3) is 6.38. The van der Waals surface area contributed by atoms with Gasteiger partial charge in [-0.1, -0.05) is 32.8 Å². The second kappa shape index (κ2) is 11.9. The van der Waals surface area contributed by atoms with E-state index in [-0.39, 0.29) is 5.56 Å². The molecule has 1 N–H and O–H groups in total. The number of aromatic carboxylic acids is 1.